The average molecular weight is 318 g/mol. The molecule has 0 fully saturated rings. The van der Waals surface area contributed by atoms with Gasteiger partial charge in [-0.2, -0.15) is 0 Å². The minimum atomic E-state index is -3.14. The van der Waals surface area contributed by atoms with Gasteiger partial charge in [-0.15, -0.1) is 0 Å². The van der Waals surface area contributed by atoms with E-state index in [-0.39, 0.29) is 6.16 Å². The third-order valence-electron chi connectivity index (χ3n) is 3.50. The molecule has 0 aromatic heterocycles. The number of benzene rings is 1. The van der Waals surface area contributed by atoms with E-state index in [1.54, 1.807) is 0 Å². The van der Waals surface area contributed by atoms with Gasteiger partial charge in [0.2, 0.25) is 0 Å². The summed E-state index contributed by atoms with van der Waals surface area (Å²) in [6.45, 7) is 5.85. The SMILES string of the molecule is COP(=O)(CCP(=O)(c1ccccc1)C(C)(C)C)OC. The topological polar surface area (TPSA) is 52.6 Å². The highest BCUT2D eigenvalue weighted by Crippen LogP contribution is 2.59. The molecule has 1 unspecified atom stereocenters. The predicted molar refractivity (Wildman–Crippen MR) is 84.8 cm³/mol. The molecule has 0 spiro atoms. The van der Waals surface area contributed by atoms with Gasteiger partial charge < -0.3 is 13.6 Å². The molecule has 0 saturated heterocycles. The van der Waals surface area contributed by atoms with Gasteiger partial charge in [-0.05, 0) is 0 Å². The molecule has 1 aromatic carbocycles. The molecular weight excluding hydrogens is 294 g/mol. The van der Waals surface area contributed by atoms with Crippen LogP contribution in [0.2, 0.25) is 0 Å². The monoisotopic (exact) mass is 318 g/mol. The second-order valence-corrected chi connectivity index (χ2v) is 11.9. The largest absolute Gasteiger partial charge is 0.330 e. The van der Waals surface area contributed by atoms with E-state index in [2.05, 4.69) is 0 Å². The van der Waals surface area contributed by atoms with Crippen molar-refractivity contribution in [1.82, 2.24) is 0 Å². The fourth-order valence-corrected chi connectivity index (χ4v) is 7.02. The van der Waals surface area contributed by atoms with Crippen LogP contribution < -0.4 is 5.30 Å². The smallest absolute Gasteiger partial charge is 0.318 e. The molecule has 20 heavy (non-hydrogen) atoms. The summed E-state index contributed by atoms with van der Waals surface area (Å²) in [5.74, 6) is 0. The van der Waals surface area contributed by atoms with E-state index < -0.39 is 19.9 Å². The van der Waals surface area contributed by atoms with Gasteiger partial charge >= 0.3 is 7.60 Å². The Balaban J connectivity index is 3.11. The van der Waals surface area contributed by atoms with Crippen LogP contribution in [0.15, 0.2) is 30.3 Å². The minimum Gasteiger partial charge on any atom is -0.318 e. The molecule has 0 heterocycles. The molecule has 4 nitrogen and oxygen atoms in total. The second-order valence-electron chi connectivity index (χ2n) is 5.67. The van der Waals surface area contributed by atoms with Crippen LogP contribution in [0.5, 0.6) is 0 Å². The Kier molecular flexibility index (Phi) is 5.80. The highest BCUT2D eigenvalue weighted by atomic mass is 31.2. The van der Waals surface area contributed by atoms with Gasteiger partial charge in [0.1, 0.15) is 7.14 Å². The lowest BCUT2D eigenvalue weighted by molar-refractivity contribution is 0.277. The Morgan fingerprint density at radius 3 is 1.85 bits per heavy atom. The third-order valence-corrected chi connectivity index (χ3v) is 9.89. The molecular formula is C14H24O4P2. The first-order chi connectivity index (χ1) is 9.18. The minimum absolute atomic E-state index is 0.156. The Bertz CT molecular complexity index is 512. The van der Waals surface area contributed by atoms with E-state index in [4.69, 9.17) is 9.05 Å². The van der Waals surface area contributed by atoms with Crippen LogP contribution in [0, 0.1) is 0 Å². The maximum atomic E-state index is 13.5. The lowest BCUT2D eigenvalue weighted by Crippen LogP contribution is -2.26. The van der Waals surface area contributed by atoms with E-state index >= 15 is 0 Å². The molecule has 0 bridgehead atoms. The van der Waals surface area contributed by atoms with Gasteiger partial charge in [0.05, 0.1) is 6.16 Å². The van der Waals surface area contributed by atoms with Crippen LogP contribution >= 0.6 is 14.7 Å². The van der Waals surface area contributed by atoms with Gasteiger partial charge in [0, 0.05) is 30.8 Å². The van der Waals surface area contributed by atoms with Gasteiger partial charge in [-0.3, -0.25) is 4.57 Å². The lowest BCUT2D eigenvalue weighted by Gasteiger charge is -2.32. The van der Waals surface area contributed by atoms with E-state index in [1.807, 2.05) is 51.1 Å². The third kappa shape index (κ3) is 3.83. The number of hydrogen-bond donors (Lipinski definition) is 0. The number of rotatable bonds is 6. The highest BCUT2D eigenvalue weighted by molar-refractivity contribution is 7.73. The fourth-order valence-electron chi connectivity index (χ4n) is 2.04. The molecule has 0 N–H and O–H groups in total. The first kappa shape index (κ1) is 17.7. The first-order valence-corrected chi connectivity index (χ1v) is 10.2. The van der Waals surface area contributed by atoms with Crippen molar-refractivity contribution < 1.29 is 18.2 Å². The van der Waals surface area contributed by atoms with Crippen LogP contribution in [0.4, 0.5) is 0 Å². The maximum absolute atomic E-state index is 13.5. The van der Waals surface area contributed by atoms with Crippen LogP contribution in [-0.2, 0) is 18.2 Å². The summed E-state index contributed by atoms with van der Waals surface area (Å²) in [6, 6.07) is 9.39. The van der Waals surface area contributed by atoms with Gasteiger partial charge in [0.15, 0.2) is 0 Å². The fraction of sp³-hybridized carbons (Fsp3) is 0.571. The zero-order chi connectivity index (χ0) is 15.4. The van der Waals surface area contributed by atoms with Crippen molar-refractivity contribution in [3.63, 3.8) is 0 Å². The van der Waals surface area contributed by atoms with Crippen molar-refractivity contribution in [3.05, 3.63) is 30.3 Å². The van der Waals surface area contributed by atoms with Crippen LogP contribution in [-0.4, -0.2) is 31.7 Å². The lowest BCUT2D eigenvalue weighted by atomic mass is 10.3. The molecule has 0 aliphatic rings. The van der Waals surface area contributed by atoms with Crippen molar-refractivity contribution >= 4 is 20.0 Å². The van der Waals surface area contributed by atoms with E-state index in [1.165, 1.54) is 14.2 Å². The quantitative estimate of drug-likeness (QED) is 0.745. The average Bonchev–Trinajstić information content (AvgIpc) is 2.44. The van der Waals surface area contributed by atoms with Crippen LogP contribution in [0.25, 0.3) is 0 Å². The summed E-state index contributed by atoms with van der Waals surface area (Å²) in [4.78, 5) is 0. The summed E-state index contributed by atoms with van der Waals surface area (Å²) in [6.07, 6.45) is 0.461. The van der Waals surface area contributed by atoms with E-state index in [0.717, 1.165) is 5.30 Å². The zero-order valence-electron chi connectivity index (χ0n) is 12.8. The summed E-state index contributed by atoms with van der Waals surface area (Å²) in [5.41, 5.74) is 0. The van der Waals surface area contributed by atoms with Crippen molar-refractivity contribution in [3.8, 4) is 0 Å². The molecule has 0 aliphatic carbocycles. The van der Waals surface area contributed by atoms with Crippen molar-refractivity contribution in [2.24, 2.45) is 0 Å². The molecule has 0 radical (unpaired) electrons. The van der Waals surface area contributed by atoms with Crippen molar-refractivity contribution in [1.29, 1.82) is 0 Å². The summed E-state index contributed by atoms with van der Waals surface area (Å²) in [7, 11) is -3.14. The predicted octanol–water partition coefficient (Wildman–Crippen LogP) is 3.96. The Hall–Kier alpha value is -0.400. The van der Waals surface area contributed by atoms with Crippen LogP contribution in [0.3, 0.4) is 0 Å². The zero-order valence-corrected chi connectivity index (χ0v) is 14.6. The molecule has 114 valence electrons. The Labute approximate surface area is 121 Å². The highest BCUT2D eigenvalue weighted by Gasteiger charge is 2.39. The van der Waals surface area contributed by atoms with Gasteiger partial charge in [-0.25, -0.2) is 0 Å². The maximum Gasteiger partial charge on any atom is 0.330 e. The second kappa shape index (κ2) is 6.58. The normalized spacial score (nSPS) is 15.8. The molecule has 0 saturated carbocycles. The molecule has 6 heteroatoms. The molecule has 1 aromatic rings. The van der Waals surface area contributed by atoms with Crippen molar-refractivity contribution in [2.45, 2.75) is 25.9 Å². The Morgan fingerprint density at radius 2 is 1.45 bits per heavy atom. The summed E-state index contributed by atoms with van der Waals surface area (Å²) < 4.78 is 35.6. The molecule has 0 aliphatic heterocycles. The molecule has 0 amide bonds. The van der Waals surface area contributed by atoms with E-state index in [9.17, 15) is 9.13 Å². The molecule has 1 atom stereocenters. The number of hydrogen-bond acceptors (Lipinski definition) is 4. The van der Waals surface area contributed by atoms with E-state index in [0.29, 0.717) is 6.16 Å². The standard InChI is InChI=1S/C14H24O4P2/c1-14(2,3)19(15,13-9-7-6-8-10-13)11-12-20(16,17-4)18-5/h6-10H,11-12H2,1-5H3. The van der Waals surface area contributed by atoms with Gasteiger partial charge in [-0.1, -0.05) is 51.1 Å². The van der Waals surface area contributed by atoms with Gasteiger partial charge in [0.25, 0.3) is 0 Å². The first-order valence-electron chi connectivity index (χ1n) is 6.54. The summed E-state index contributed by atoms with van der Waals surface area (Å²) in [5, 5.41) is 0.409. The Morgan fingerprint density at radius 1 is 0.950 bits per heavy atom. The molecule has 1 rings (SSSR count). The van der Waals surface area contributed by atoms with Crippen molar-refractivity contribution in [2.75, 3.05) is 26.5 Å². The van der Waals surface area contributed by atoms with Crippen LogP contribution in [0.1, 0.15) is 20.8 Å². The summed E-state index contributed by atoms with van der Waals surface area (Å²) >= 11 is 0.